The van der Waals surface area contributed by atoms with Gasteiger partial charge in [-0.15, -0.1) is 11.3 Å². The fourth-order valence-electron chi connectivity index (χ4n) is 2.34. The summed E-state index contributed by atoms with van der Waals surface area (Å²) in [7, 11) is 6.17. The van der Waals surface area contributed by atoms with Gasteiger partial charge >= 0.3 is 0 Å². The van der Waals surface area contributed by atoms with Gasteiger partial charge in [0.15, 0.2) is 5.13 Å². The average molecular weight is 239 g/mol. The van der Waals surface area contributed by atoms with E-state index in [1.807, 2.05) is 18.4 Å². The van der Waals surface area contributed by atoms with Crippen LogP contribution in [0.2, 0.25) is 0 Å². The van der Waals surface area contributed by atoms with Gasteiger partial charge in [0, 0.05) is 25.0 Å². The zero-order valence-electron chi connectivity index (χ0n) is 10.8. The second-order valence-electron chi connectivity index (χ2n) is 5.59. The van der Waals surface area contributed by atoms with Crippen LogP contribution in [-0.2, 0) is 6.42 Å². The minimum Gasteiger partial charge on any atom is -0.354 e. The molecule has 1 N–H and O–H groups in total. The van der Waals surface area contributed by atoms with Crippen molar-refractivity contribution in [1.82, 2.24) is 10.3 Å². The summed E-state index contributed by atoms with van der Waals surface area (Å²) >= 11 is 1.83. The zero-order chi connectivity index (χ0) is 11.9. The maximum Gasteiger partial charge on any atom is 0.185 e. The molecular formula is C12H21N3S. The SMILES string of the molecule is CNC1CC(C)(C)Cc2nc(N(C)C)sc21. The van der Waals surface area contributed by atoms with Gasteiger partial charge in [0.25, 0.3) is 0 Å². The van der Waals surface area contributed by atoms with E-state index in [9.17, 15) is 0 Å². The van der Waals surface area contributed by atoms with Crippen molar-refractivity contribution in [3.63, 3.8) is 0 Å². The molecule has 0 aromatic carbocycles. The number of hydrogen-bond donors (Lipinski definition) is 1. The van der Waals surface area contributed by atoms with E-state index >= 15 is 0 Å². The molecule has 4 heteroatoms. The van der Waals surface area contributed by atoms with Crippen LogP contribution in [0.1, 0.15) is 36.9 Å². The lowest BCUT2D eigenvalue weighted by Gasteiger charge is -2.34. The lowest BCUT2D eigenvalue weighted by atomic mass is 9.76. The minimum absolute atomic E-state index is 0.359. The van der Waals surface area contributed by atoms with Gasteiger partial charge in [-0.3, -0.25) is 0 Å². The molecule has 0 saturated carbocycles. The highest BCUT2D eigenvalue weighted by Gasteiger charge is 2.34. The van der Waals surface area contributed by atoms with E-state index in [-0.39, 0.29) is 0 Å². The van der Waals surface area contributed by atoms with E-state index < -0.39 is 0 Å². The first kappa shape index (κ1) is 11.9. The van der Waals surface area contributed by atoms with E-state index in [1.165, 1.54) is 17.0 Å². The summed E-state index contributed by atoms with van der Waals surface area (Å²) in [5.41, 5.74) is 1.66. The predicted molar refractivity (Wildman–Crippen MR) is 70.3 cm³/mol. The molecule has 2 rings (SSSR count). The molecular weight excluding hydrogens is 218 g/mol. The third-order valence-electron chi connectivity index (χ3n) is 3.17. The van der Waals surface area contributed by atoms with Crippen LogP contribution in [0.4, 0.5) is 5.13 Å². The number of fused-ring (bicyclic) bond motifs is 1. The molecule has 0 spiro atoms. The summed E-state index contributed by atoms with van der Waals surface area (Å²) in [4.78, 5) is 8.28. The van der Waals surface area contributed by atoms with Crippen LogP contribution >= 0.6 is 11.3 Å². The third kappa shape index (κ3) is 2.09. The smallest absolute Gasteiger partial charge is 0.185 e. The van der Waals surface area contributed by atoms with E-state index in [4.69, 9.17) is 4.98 Å². The second kappa shape index (κ2) is 4.00. The monoisotopic (exact) mass is 239 g/mol. The lowest BCUT2D eigenvalue weighted by Crippen LogP contribution is -2.30. The molecule has 1 aromatic heterocycles. The third-order valence-corrected chi connectivity index (χ3v) is 4.55. The molecule has 0 saturated heterocycles. The van der Waals surface area contributed by atoms with E-state index in [0.717, 1.165) is 11.6 Å². The molecule has 1 aliphatic rings. The normalized spacial score (nSPS) is 22.9. The molecule has 0 fully saturated rings. The van der Waals surface area contributed by atoms with Gasteiger partial charge in [-0.1, -0.05) is 13.8 Å². The maximum atomic E-state index is 4.75. The molecule has 1 aromatic rings. The summed E-state index contributed by atoms with van der Waals surface area (Å²) in [5, 5.41) is 4.55. The molecule has 1 unspecified atom stereocenters. The van der Waals surface area contributed by atoms with Crippen LogP contribution in [0.3, 0.4) is 0 Å². The highest BCUT2D eigenvalue weighted by Crippen LogP contribution is 2.44. The first-order chi connectivity index (χ1) is 7.43. The van der Waals surface area contributed by atoms with Crippen molar-refractivity contribution in [2.24, 2.45) is 5.41 Å². The lowest BCUT2D eigenvalue weighted by molar-refractivity contribution is 0.265. The summed E-state index contributed by atoms with van der Waals surface area (Å²) in [6.45, 7) is 4.66. The van der Waals surface area contributed by atoms with Crippen LogP contribution in [0.15, 0.2) is 0 Å². The van der Waals surface area contributed by atoms with Gasteiger partial charge in [-0.25, -0.2) is 4.98 Å². The van der Waals surface area contributed by atoms with Crippen LogP contribution in [0.5, 0.6) is 0 Å². The van der Waals surface area contributed by atoms with E-state index in [0.29, 0.717) is 11.5 Å². The first-order valence-corrected chi connectivity index (χ1v) is 6.59. The van der Waals surface area contributed by atoms with Crippen molar-refractivity contribution in [3.05, 3.63) is 10.6 Å². The maximum absolute atomic E-state index is 4.75. The molecule has 1 aliphatic carbocycles. The van der Waals surface area contributed by atoms with Gasteiger partial charge in [-0.2, -0.15) is 0 Å². The molecule has 0 radical (unpaired) electrons. The van der Waals surface area contributed by atoms with E-state index in [1.54, 1.807) is 0 Å². The Labute approximate surface area is 102 Å². The quantitative estimate of drug-likeness (QED) is 0.859. The molecule has 16 heavy (non-hydrogen) atoms. The van der Waals surface area contributed by atoms with Crippen LogP contribution < -0.4 is 10.2 Å². The highest BCUT2D eigenvalue weighted by molar-refractivity contribution is 7.15. The van der Waals surface area contributed by atoms with E-state index in [2.05, 4.69) is 38.2 Å². The van der Waals surface area contributed by atoms with Gasteiger partial charge in [0.1, 0.15) is 0 Å². The van der Waals surface area contributed by atoms with Crippen molar-refractivity contribution in [2.75, 3.05) is 26.0 Å². The summed E-state index contributed by atoms with van der Waals surface area (Å²) in [6.07, 6.45) is 2.30. The van der Waals surface area contributed by atoms with Crippen LogP contribution in [-0.4, -0.2) is 26.1 Å². The van der Waals surface area contributed by atoms with Crippen molar-refractivity contribution < 1.29 is 0 Å². The fourth-order valence-corrected chi connectivity index (χ4v) is 3.46. The molecule has 3 nitrogen and oxygen atoms in total. The Morgan fingerprint density at radius 2 is 2.12 bits per heavy atom. The van der Waals surface area contributed by atoms with Crippen molar-refractivity contribution in [1.29, 1.82) is 0 Å². The van der Waals surface area contributed by atoms with Gasteiger partial charge in [-0.05, 0) is 25.3 Å². The number of anilines is 1. The van der Waals surface area contributed by atoms with Gasteiger partial charge in [0.05, 0.1) is 5.69 Å². The Hall–Kier alpha value is -0.610. The zero-order valence-corrected chi connectivity index (χ0v) is 11.6. The van der Waals surface area contributed by atoms with Crippen LogP contribution in [0, 0.1) is 5.41 Å². The topological polar surface area (TPSA) is 28.2 Å². The molecule has 0 amide bonds. The summed E-state index contributed by atoms with van der Waals surface area (Å²) in [5.74, 6) is 0. The van der Waals surface area contributed by atoms with Gasteiger partial charge < -0.3 is 10.2 Å². The number of thiazole rings is 1. The van der Waals surface area contributed by atoms with Crippen LogP contribution in [0.25, 0.3) is 0 Å². The van der Waals surface area contributed by atoms with Gasteiger partial charge in [0.2, 0.25) is 0 Å². The summed E-state index contributed by atoms with van der Waals surface area (Å²) < 4.78 is 0. The molecule has 0 bridgehead atoms. The number of rotatable bonds is 2. The molecule has 90 valence electrons. The molecule has 0 aliphatic heterocycles. The van der Waals surface area contributed by atoms with Crippen molar-refractivity contribution in [3.8, 4) is 0 Å². The molecule has 1 atom stereocenters. The molecule has 1 heterocycles. The Kier molecular flexibility index (Phi) is 2.97. The Bertz CT molecular complexity index is 382. The van der Waals surface area contributed by atoms with Crippen molar-refractivity contribution in [2.45, 2.75) is 32.7 Å². The second-order valence-corrected chi connectivity index (χ2v) is 6.60. The number of hydrogen-bond acceptors (Lipinski definition) is 4. The predicted octanol–water partition coefficient (Wildman–Crippen LogP) is 2.44. The standard InChI is InChI=1S/C12H21N3S/c1-12(2)6-8(13-3)10-9(7-12)14-11(16-10)15(4)5/h8,13H,6-7H2,1-5H3. The number of aromatic nitrogens is 1. The Balaban J connectivity index is 2.39. The average Bonchev–Trinajstić information content (AvgIpc) is 2.58. The number of nitrogens with zero attached hydrogens (tertiary/aromatic N) is 2. The minimum atomic E-state index is 0.359. The Morgan fingerprint density at radius 1 is 1.44 bits per heavy atom. The Morgan fingerprint density at radius 3 is 2.69 bits per heavy atom. The number of nitrogens with one attached hydrogen (secondary N) is 1. The largest absolute Gasteiger partial charge is 0.354 e. The summed E-state index contributed by atoms with van der Waals surface area (Å²) in [6, 6.07) is 0.477. The van der Waals surface area contributed by atoms with Crippen molar-refractivity contribution >= 4 is 16.5 Å². The first-order valence-electron chi connectivity index (χ1n) is 5.77. The highest BCUT2D eigenvalue weighted by atomic mass is 32.1. The fraction of sp³-hybridized carbons (Fsp3) is 0.750.